The second-order valence-corrected chi connectivity index (χ2v) is 8.27. The molecule has 0 saturated carbocycles. The lowest BCUT2D eigenvalue weighted by atomic mass is 10.0. The molecule has 3 aromatic carbocycles. The zero-order chi connectivity index (χ0) is 24.2. The maximum absolute atomic E-state index is 13.2. The van der Waals surface area contributed by atoms with Crippen molar-refractivity contribution in [2.45, 2.75) is 13.0 Å². The Kier molecular flexibility index (Phi) is 6.95. The van der Waals surface area contributed by atoms with Crippen LogP contribution in [0.2, 0.25) is 10.0 Å². The van der Waals surface area contributed by atoms with Crippen molar-refractivity contribution in [3.8, 4) is 16.9 Å². The quantitative estimate of drug-likeness (QED) is 0.351. The second kappa shape index (κ2) is 10.1. The van der Waals surface area contributed by atoms with Gasteiger partial charge in [0.25, 0.3) is 5.91 Å². The number of hydrogen-bond donors (Lipinski definition) is 2. The Morgan fingerprint density at radius 3 is 2.29 bits per heavy atom. The van der Waals surface area contributed by atoms with Crippen LogP contribution >= 0.6 is 23.2 Å². The molecule has 4 rings (SSSR count). The Morgan fingerprint density at radius 1 is 0.971 bits per heavy atom. The molecule has 0 bridgehead atoms. The number of aliphatic carboxylic acids is 1. The molecule has 1 aromatic heterocycles. The number of carboxylic acids is 1. The van der Waals surface area contributed by atoms with Gasteiger partial charge in [-0.2, -0.15) is 5.10 Å². The summed E-state index contributed by atoms with van der Waals surface area (Å²) in [5.74, 6) is -2.08. The number of carboxylic acid groups (broad SMARTS) is 1. The van der Waals surface area contributed by atoms with Crippen LogP contribution in [-0.2, 0) is 17.8 Å². The zero-order valence-corrected chi connectivity index (χ0v) is 19.1. The predicted molar refractivity (Wildman–Crippen MR) is 128 cm³/mol. The molecule has 9 heteroatoms. The van der Waals surface area contributed by atoms with E-state index in [1.165, 1.54) is 16.8 Å². The second-order valence-electron chi connectivity index (χ2n) is 7.43. The molecule has 6 nitrogen and oxygen atoms in total. The van der Waals surface area contributed by atoms with Gasteiger partial charge in [-0.1, -0.05) is 59.6 Å². The minimum atomic E-state index is -1.12. The van der Waals surface area contributed by atoms with Crippen molar-refractivity contribution >= 4 is 35.1 Å². The number of benzene rings is 3. The van der Waals surface area contributed by atoms with Crippen LogP contribution in [0.5, 0.6) is 0 Å². The van der Waals surface area contributed by atoms with Crippen molar-refractivity contribution in [3.63, 3.8) is 0 Å². The van der Waals surface area contributed by atoms with Gasteiger partial charge in [-0.15, -0.1) is 0 Å². The van der Waals surface area contributed by atoms with E-state index in [0.717, 1.165) is 0 Å². The molecule has 0 unspecified atom stereocenters. The van der Waals surface area contributed by atoms with Gasteiger partial charge in [0, 0.05) is 22.7 Å². The van der Waals surface area contributed by atoms with E-state index in [2.05, 4.69) is 10.4 Å². The number of nitrogens with zero attached hydrogens (tertiary/aromatic N) is 2. The molecule has 0 fully saturated rings. The number of hydrogen-bond acceptors (Lipinski definition) is 3. The first kappa shape index (κ1) is 23.5. The van der Waals surface area contributed by atoms with E-state index >= 15 is 0 Å². The number of halogens is 3. The molecule has 4 aromatic rings. The molecular weight excluding hydrogens is 480 g/mol. The average Bonchev–Trinajstić information content (AvgIpc) is 3.17. The highest BCUT2D eigenvalue weighted by atomic mass is 35.5. The van der Waals surface area contributed by atoms with Crippen LogP contribution in [0.1, 0.15) is 21.6 Å². The third-order valence-electron chi connectivity index (χ3n) is 5.09. The van der Waals surface area contributed by atoms with Crippen molar-refractivity contribution in [2.75, 3.05) is 0 Å². The van der Waals surface area contributed by atoms with Gasteiger partial charge in [-0.25, -0.2) is 9.07 Å². The first-order valence-corrected chi connectivity index (χ1v) is 11.0. The van der Waals surface area contributed by atoms with E-state index in [1.54, 1.807) is 60.7 Å². The molecule has 172 valence electrons. The normalized spacial score (nSPS) is 10.8. The lowest BCUT2D eigenvalue weighted by Crippen LogP contribution is -2.25. The summed E-state index contributed by atoms with van der Waals surface area (Å²) in [5.41, 5.74) is 2.38. The van der Waals surface area contributed by atoms with Crippen molar-refractivity contribution in [3.05, 3.63) is 105 Å². The molecule has 2 N–H and O–H groups in total. The maximum Gasteiger partial charge on any atom is 0.307 e. The number of rotatable bonds is 7. The third-order valence-corrected chi connectivity index (χ3v) is 5.66. The molecule has 0 spiro atoms. The maximum atomic E-state index is 13.2. The van der Waals surface area contributed by atoms with Crippen molar-refractivity contribution in [1.29, 1.82) is 0 Å². The topological polar surface area (TPSA) is 84.2 Å². The monoisotopic (exact) mass is 497 g/mol. The van der Waals surface area contributed by atoms with E-state index < -0.39 is 18.3 Å². The van der Waals surface area contributed by atoms with Gasteiger partial charge in [0.2, 0.25) is 0 Å². The number of carbonyl (C=O) groups is 2. The molecule has 34 heavy (non-hydrogen) atoms. The van der Waals surface area contributed by atoms with Gasteiger partial charge < -0.3 is 10.4 Å². The van der Waals surface area contributed by atoms with E-state index in [4.69, 9.17) is 23.2 Å². The number of aromatic nitrogens is 2. The molecule has 0 aliphatic carbocycles. The van der Waals surface area contributed by atoms with Crippen LogP contribution < -0.4 is 5.32 Å². The molecular formula is C25H18Cl2FN3O3. The standard InChI is InChI=1S/C25H18Cl2FN3O3/c26-17-9-7-16(8-10-17)24-19(13-22(32)33)23(30-31(24)21-4-2-1-3-20(21)27)25(34)29-14-15-5-11-18(28)12-6-15/h1-12H,13-14H2,(H,29,34)(H,32,33). The summed E-state index contributed by atoms with van der Waals surface area (Å²) in [6, 6.07) is 19.4. The third kappa shape index (κ3) is 5.11. The first-order chi connectivity index (χ1) is 16.3. The van der Waals surface area contributed by atoms with Crippen LogP contribution in [0.15, 0.2) is 72.8 Å². The fourth-order valence-electron chi connectivity index (χ4n) is 3.52. The minimum absolute atomic E-state index is 0.0469. The Labute approximate surface area is 204 Å². The Balaban J connectivity index is 1.83. The number of nitrogens with one attached hydrogen (secondary N) is 1. The molecule has 1 heterocycles. The highest BCUT2D eigenvalue weighted by Gasteiger charge is 2.27. The molecule has 0 radical (unpaired) electrons. The van der Waals surface area contributed by atoms with Gasteiger partial charge in [0.05, 0.1) is 22.8 Å². The minimum Gasteiger partial charge on any atom is -0.481 e. The van der Waals surface area contributed by atoms with E-state index in [1.807, 2.05) is 0 Å². The predicted octanol–water partition coefficient (Wildman–Crippen LogP) is 5.54. The summed E-state index contributed by atoms with van der Waals surface area (Å²) in [6.45, 7) is 0.112. The first-order valence-electron chi connectivity index (χ1n) is 10.2. The largest absolute Gasteiger partial charge is 0.481 e. The lowest BCUT2D eigenvalue weighted by Gasteiger charge is -2.11. The number of amides is 1. The van der Waals surface area contributed by atoms with Crippen molar-refractivity contribution in [1.82, 2.24) is 15.1 Å². The van der Waals surface area contributed by atoms with Crippen LogP contribution in [0.4, 0.5) is 4.39 Å². The van der Waals surface area contributed by atoms with Gasteiger partial charge in [0.1, 0.15) is 5.82 Å². The van der Waals surface area contributed by atoms with E-state index in [0.29, 0.717) is 32.6 Å². The molecule has 0 aliphatic rings. The summed E-state index contributed by atoms with van der Waals surface area (Å²) in [6.07, 6.45) is -0.443. The Morgan fingerprint density at radius 2 is 1.65 bits per heavy atom. The van der Waals surface area contributed by atoms with Gasteiger partial charge in [-0.05, 0) is 42.0 Å². The van der Waals surface area contributed by atoms with Crippen LogP contribution in [0, 0.1) is 5.82 Å². The molecule has 0 saturated heterocycles. The van der Waals surface area contributed by atoms with Gasteiger partial charge >= 0.3 is 5.97 Å². The van der Waals surface area contributed by atoms with Gasteiger partial charge in [0.15, 0.2) is 5.69 Å². The Hall–Kier alpha value is -3.68. The highest BCUT2D eigenvalue weighted by Crippen LogP contribution is 2.33. The summed E-state index contributed by atoms with van der Waals surface area (Å²) in [4.78, 5) is 24.9. The Bertz CT molecular complexity index is 1350. The summed E-state index contributed by atoms with van der Waals surface area (Å²) in [7, 11) is 0. The van der Waals surface area contributed by atoms with Crippen LogP contribution in [0.3, 0.4) is 0 Å². The molecule has 1 amide bonds. The fourth-order valence-corrected chi connectivity index (χ4v) is 3.86. The number of para-hydroxylation sites is 1. The summed E-state index contributed by atoms with van der Waals surface area (Å²) < 4.78 is 14.6. The molecule has 0 aliphatic heterocycles. The molecule has 0 atom stereocenters. The van der Waals surface area contributed by atoms with Crippen LogP contribution in [0.25, 0.3) is 16.9 Å². The summed E-state index contributed by atoms with van der Waals surface area (Å²) >= 11 is 12.5. The average molecular weight is 498 g/mol. The van der Waals surface area contributed by atoms with E-state index in [9.17, 15) is 19.1 Å². The van der Waals surface area contributed by atoms with Crippen LogP contribution in [-0.4, -0.2) is 26.8 Å². The summed E-state index contributed by atoms with van der Waals surface area (Å²) in [5, 5.41) is 17.7. The van der Waals surface area contributed by atoms with Crippen molar-refractivity contribution in [2.24, 2.45) is 0 Å². The highest BCUT2D eigenvalue weighted by molar-refractivity contribution is 6.32. The van der Waals surface area contributed by atoms with Gasteiger partial charge in [-0.3, -0.25) is 9.59 Å². The van der Waals surface area contributed by atoms with Crippen molar-refractivity contribution < 1.29 is 19.1 Å². The zero-order valence-electron chi connectivity index (χ0n) is 17.6. The lowest BCUT2D eigenvalue weighted by molar-refractivity contribution is -0.136. The number of carbonyl (C=O) groups excluding carboxylic acids is 1. The van der Waals surface area contributed by atoms with E-state index in [-0.39, 0.29) is 23.6 Å². The smallest absolute Gasteiger partial charge is 0.307 e. The SMILES string of the molecule is O=C(O)Cc1c(C(=O)NCc2ccc(F)cc2)nn(-c2ccccc2Cl)c1-c1ccc(Cl)cc1. The fraction of sp³-hybridized carbons (Fsp3) is 0.0800.